The quantitative estimate of drug-likeness (QED) is 0.436. The average molecular weight is 342 g/mol. The first-order valence-electron chi connectivity index (χ1n) is 8.09. The number of nitrogens with zero attached hydrogens (tertiary/aromatic N) is 2. The lowest BCUT2D eigenvalue weighted by Gasteiger charge is -2.18. The van der Waals surface area contributed by atoms with Crippen LogP contribution in [0.1, 0.15) is 27.9 Å². The van der Waals surface area contributed by atoms with Crippen molar-refractivity contribution in [3.05, 3.63) is 69.3 Å². The number of benzene rings is 2. The SMILES string of the molecule is Cc1ccccc1OCCCN(C)C(=O)c1cccc([N+](=O)[O-])c1C. The number of carbonyl (C=O) groups excluding carboxylic acids is 1. The molecule has 25 heavy (non-hydrogen) atoms. The Hall–Kier alpha value is -2.89. The number of nitro groups is 1. The summed E-state index contributed by atoms with van der Waals surface area (Å²) in [5, 5.41) is 11.0. The number of amides is 1. The van der Waals surface area contributed by atoms with Gasteiger partial charge in [-0.3, -0.25) is 14.9 Å². The normalized spacial score (nSPS) is 10.4. The zero-order valence-electron chi connectivity index (χ0n) is 14.7. The lowest BCUT2D eigenvalue weighted by Crippen LogP contribution is -2.29. The number of rotatable bonds is 7. The van der Waals surface area contributed by atoms with E-state index in [2.05, 4.69) is 0 Å². The molecule has 0 fully saturated rings. The predicted octanol–water partition coefficient (Wildman–Crippen LogP) is 3.75. The number of para-hydroxylation sites is 1. The number of aryl methyl sites for hydroxylation is 1. The molecule has 0 N–H and O–H groups in total. The van der Waals surface area contributed by atoms with E-state index >= 15 is 0 Å². The molecule has 0 aliphatic rings. The fourth-order valence-electron chi connectivity index (χ4n) is 2.56. The monoisotopic (exact) mass is 342 g/mol. The highest BCUT2D eigenvalue weighted by atomic mass is 16.6. The van der Waals surface area contributed by atoms with E-state index in [4.69, 9.17) is 4.74 Å². The Bertz CT molecular complexity index is 774. The van der Waals surface area contributed by atoms with Gasteiger partial charge in [0.15, 0.2) is 0 Å². The number of nitro benzene ring substituents is 1. The van der Waals surface area contributed by atoms with E-state index in [1.165, 1.54) is 12.1 Å². The smallest absolute Gasteiger partial charge is 0.273 e. The van der Waals surface area contributed by atoms with Crippen LogP contribution in [-0.4, -0.2) is 35.9 Å². The van der Waals surface area contributed by atoms with Crippen molar-refractivity contribution in [2.75, 3.05) is 20.2 Å². The second-order valence-corrected chi connectivity index (χ2v) is 5.90. The molecule has 0 saturated carbocycles. The minimum absolute atomic E-state index is 0.0397. The van der Waals surface area contributed by atoms with E-state index in [-0.39, 0.29) is 11.6 Å². The van der Waals surface area contributed by atoms with Crippen LogP contribution in [0.3, 0.4) is 0 Å². The Kier molecular flexibility index (Phi) is 6.11. The molecule has 2 aromatic rings. The Balaban J connectivity index is 1.92. The van der Waals surface area contributed by atoms with Gasteiger partial charge >= 0.3 is 0 Å². The molecule has 0 radical (unpaired) electrons. The molecule has 0 aromatic heterocycles. The molecule has 0 aliphatic heterocycles. The molecule has 1 amide bonds. The minimum atomic E-state index is -0.470. The van der Waals surface area contributed by atoms with Gasteiger partial charge in [-0.15, -0.1) is 0 Å². The van der Waals surface area contributed by atoms with Crippen LogP contribution < -0.4 is 4.74 Å². The van der Waals surface area contributed by atoms with Gasteiger partial charge < -0.3 is 9.64 Å². The van der Waals surface area contributed by atoms with Gasteiger partial charge in [0.05, 0.1) is 11.5 Å². The summed E-state index contributed by atoms with van der Waals surface area (Å²) < 4.78 is 5.72. The lowest BCUT2D eigenvalue weighted by molar-refractivity contribution is -0.385. The third-order valence-corrected chi connectivity index (χ3v) is 4.07. The van der Waals surface area contributed by atoms with Crippen LogP contribution in [0.15, 0.2) is 42.5 Å². The van der Waals surface area contributed by atoms with Gasteiger partial charge in [0, 0.05) is 30.8 Å². The summed E-state index contributed by atoms with van der Waals surface area (Å²) in [7, 11) is 1.69. The van der Waals surface area contributed by atoms with Crippen molar-refractivity contribution in [1.29, 1.82) is 0 Å². The maximum atomic E-state index is 12.5. The standard InChI is InChI=1S/C19H22N2O4/c1-14-8-4-5-11-18(14)25-13-7-12-20(3)19(22)16-9-6-10-17(15(16)2)21(23)24/h4-6,8-11H,7,12-13H2,1-3H3. The van der Waals surface area contributed by atoms with Crippen LogP contribution in [0.5, 0.6) is 5.75 Å². The number of carbonyl (C=O) groups is 1. The van der Waals surface area contributed by atoms with Crippen molar-refractivity contribution in [1.82, 2.24) is 4.90 Å². The number of hydrogen-bond donors (Lipinski definition) is 0. The van der Waals surface area contributed by atoms with Gasteiger partial charge in [-0.25, -0.2) is 0 Å². The molecular formula is C19H22N2O4. The summed E-state index contributed by atoms with van der Waals surface area (Å²) in [5.74, 6) is 0.614. The first-order chi connectivity index (χ1) is 11.9. The molecule has 2 aromatic carbocycles. The average Bonchev–Trinajstić information content (AvgIpc) is 2.59. The summed E-state index contributed by atoms with van der Waals surface area (Å²) in [6.45, 7) is 4.58. The number of hydrogen-bond acceptors (Lipinski definition) is 4. The van der Waals surface area contributed by atoms with Crippen LogP contribution in [0.25, 0.3) is 0 Å². The van der Waals surface area contributed by atoms with Crippen LogP contribution in [-0.2, 0) is 0 Å². The van der Waals surface area contributed by atoms with E-state index in [0.717, 1.165) is 11.3 Å². The molecular weight excluding hydrogens is 320 g/mol. The first kappa shape index (κ1) is 18.4. The largest absolute Gasteiger partial charge is 0.493 e. The molecule has 0 spiro atoms. The van der Waals surface area contributed by atoms with Crippen LogP contribution in [0.4, 0.5) is 5.69 Å². The summed E-state index contributed by atoms with van der Waals surface area (Å²) in [5.41, 5.74) is 1.78. The van der Waals surface area contributed by atoms with Crippen molar-refractivity contribution in [3.8, 4) is 5.75 Å². The molecule has 0 saturated heterocycles. The third kappa shape index (κ3) is 4.56. The summed E-state index contributed by atoms with van der Waals surface area (Å²) in [6, 6.07) is 12.3. The van der Waals surface area contributed by atoms with E-state index < -0.39 is 4.92 Å². The zero-order valence-corrected chi connectivity index (χ0v) is 14.7. The van der Waals surface area contributed by atoms with Gasteiger partial charge in [0.25, 0.3) is 11.6 Å². The second-order valence-electron chi connectivity index (χ2n) is 5.90. The fourth-order valence-corrected chi connectivity index (χ4v) is 2.56. The Morgan fingerprint density at radius 1 is 1.16 bits per heavy atom. The maximum absolute atomic E-state index is 12.5. The van der Waals surface area contributed by atoms with Crippen LogP contribution >= 0.6 is 0 Å². The summed E-state index contributed by atoms with van der Waals surface area (Å²) >= 11 is 0. The second kappa shape index (κ2) is 8.28. The van der Waals surface area contributed by atoms with E-state index in [9.17, 15) is 14.9 Å². The highest BCUT2D eigenvalue weighted by Gasteiger charge is 2.20. The lowest BCUT2D eigenvalue weighted by atomic mass is 10.1. The zero-order chi connectivity index (χ0) is 18.4. The van der Waals surface area contributed by atoms with Gasteiger partial charge in [-0.2, -0.15) is 0 Å². The van der Waals surface area contributed by atoms with Crippen LogP contribution in [0, 0.1) is 24.0 Å². The number of ether oxygens (including phenoxy) is 1. The van der Waals surface area contributed by atoms with Gasteiger partial charge in [-0.05, 0) is 38.0 Å². The molecule has 2 rings (SSSR count). The van der Waals surface area contributed by atoms with Crippen molar-refractivity contribution < 1.29 is 14.5 Å². The highest BCUT2D eigenvalue weighted by Crippen LogP contribution is 2.22. The Morgan fingerprint density at radius 3 is 2.56 bits per heavy atom. The minimum Gasteiger partial charge on any atom is -0.493 e. The van der Waals surface area contributed by atoms with Crippen molar-refractivity contribution in [3.63, 3.8) is 0 Å². The summed E-state index contributed by atoms with van der Waals surface area (Å²) in [6.07, 6.45) is 0.671. The van der Waals surface area contributed by atoms with Gasteiger partial charge in [-0.1, -0.05) is 24.3 Å². The predicted molar refractivity (Wildman–Crippen MR) is 96.1 cm³/mol. The summed E-state index contributed by atoms with van der Waals surface area (Å²) in [4.78, 5) is 24.6. The molecule has 0 unspecified atom stereocenters. The Labute approximate surface area is 147 Å². The molecule has 0 heterocycles. The van der Waals surface area contributed by atoms with Crippen molar-refractivity contribution in [2.45, 2.75) is 20.3 Å². The molecule has 6 heteroatoms. The van der Waals surface area contributed by atoms with E-state index in [0.29, 0.717) is 30.7 Å². The molecule has 6 nitrogen and oxygen atoms in total. The molecule has 0 aliphatic carbocycles. The van der Waals surface area contributed by atoms with Crippen molar-refractivity contribution >= 4 is 11.6 Å². The first-order valence-corrected chi connectivity index (χ1v) is 8.09. The van der Waals surface area contributed by atoms with E-state index in [1.54, 1.807) is 24.9 Å². The topological polar surface area (TPSA) is 72.7 Å². The van der Waals surface area contributed by atoms with E-state index in [1.807, 2.05) is 31.2 Å². The highest BCUT2D eigenvalue weighted by molar-refractivity contribution is 5.96. The van der Waals surface area contributed by atoms with Gasteiger partial charge in [0.1, 0.15) is 5.75 Å². The molecule has 0 atom stereocenters. The molecule has 0 bridgehead atoms. The van der Waals surface area contributed by atoms with Crippen LogP contribution in [0.2, 0.25) is 0 Å². The molecule has 132 valence electrons. The third-order valence-electron chi connectivity index (χ3n) is 4.07. The van der Waals surface area contributed by atoms with Crippen molar-refractivity contribution in [2.24, 2.45) is 0 Å². The fraction of sp³-hybridized carbons (Fsp3) is 0.316. The van der Waals surface area contributed by atoms with Gasteiger partial charge in [0.2, 0.25) is 0 Å². The Morgan fingerprint density at radius 2 is 1.88 bits per heavy atom. The maximum Gasteiger partial charge on any atom is 0.273 e.